The van der Waals surface area contributed by atoms with Crippen molar-refractivity contribution in [3.05, 3.63) is 30.0 Å². The van der Waals surface area contributed by atoms with E-state index in [0.29, 0.717) is 11.0 Å². The van der Waals surface area contributed by atoms with Crippen molar-refractivity contribution >= 4 is 32.7 Å². The molecule has 19 heavy (non-hydrogen) atoms. The Morgan fingerprint density at radius 3 is 2.79 bits per heavy atom. The SMILES string of the molecule is CCC(C)(CBr)NC(=O)c1nn(C)c2ccccc12. The third kappa shape index (κ3) is 2.66. The molecular formula is C14H18BrN3O. The van der Waals surface area contributed by atoms with Crippen LogP contribution in [0.5, 0.6) is 0 Å². The fourth-order valence-corrected chi connectivity index (χ4v) is 2.47. The van der Waals surface area contributed by atoms with Crippen molar-refractivity contribution < 1.29 is 4.79 Å². The average molecular weight is 324 g/mol. The number of carbonyl (C=O) groups excluding carboxylic acids is 1. The van der Waals surface area contributed by atoms with Crippen molar-refractivity contribution in [2.45, 2.75) is 25.8 Å². The molecule has 0 bridgehead atoms. The second-order valence-corrected chi connectivity index (χ2v) is 5.55. The zero-order valence-electron chi connectivity index (χ0n) is 11.4. The van der Waals surface area contributed by atoms with Gasteiger partial charge < -0.3 is 5.32 Å². The van der Waals surface area contributed by atoms with E-state index in [-0.39, 0.29) is 11.4 Å². The molecule has 0 aliphatic carbocycles. The maximum absolute atomic E-state index is 12.4. The molecule has 0 radical (unpaired) electrons. The summed E-state index contributed by atoms with van der Waals surface area (Å²) in [4.78, 5) is 12.4. The predicted octanol–water partition coefficient (Wildman–Crippen LogP) is 2.87. The Hall–Kier alpha value is -1.36. The molecule has 1 heterocycles. The number of amides is 1. The van der Waals surface area contributed by atoms with Crippen molar-refractivity contribution in [1.29, 1.82) is 0 Å². The summed E-state index contributed by atoms with van der Waals surface area (Å²) < 4.78 is 1.74. The van der Waals surface area contributed by atoms with E-state index in [0.717, 1.165) is 17.3 Å². The summed E-state index contributed by atoms with van der Waals surface area (Å²) in [5.41, 5.74) is 1.19. The van der Waals surface area contributed by atoms with Gasteiger partial charge in [-0.05, 0) is 19.4 Å². The van der Waals surface area contributed by atoms with Gasteiger partial charge >= 0.3 is 0 Å². The first kappa shape index (κ1) is 14.1. The van der Waals surface area contributed by atoms with Crippen LogP contribution in [0.2, 0.25) is 0 Å². The summed E-state index contributed by atoms with van der Waals surface area (Å²) in [5.74, 6) is -0.124. The number of hydrogen-bond donors (Lipinski definition) is 1. The Morgan fingerprint density at radius 1 is 1.47 bits per heavy atom. The molecule has 4 nitrogen and oxygen atoms in total. The highest BCUT2D eigenvalue weighted by atomic mass is 79.9. The number of aromatic nitrogens is 2. The van der Waals surface area contributed by atoms with Crippen LogP contribution in [0.15, 0.2) is 24.3 Å². The molecule has 1 N–H and O–H groups in total. The van der Waals surface area contributed by atoms with Gasteiger partial charge in [0.15, 0.2) is 5.69 Å². The van der Waals surface area contributed by atoms with E-state index < -0.39 is 0 Å². The highest BCUT2D eigenvalue weighted by Crippen LogP contribution is 2.19. The van der Waals surface area contributed by atoms with E-state index in [9.17, 15) is 4.79 Å². The number of alkyl halides is 1. The van der Waals surface area contributed by atoms with Gasteiger partial charge in [0.25, 0.3) is 5.91 Å². The van der Waals surface area contributed by atoms with Crippen LogP contribution in [-0.4, -0.2) is 26.6 Å². The van der Waals surface area contributed by atoms with E-state index in [1.54, 1.807) is 4.68 Å². The van der Waals surface area contributed by atoms with E-state index >= 15 is 0 Å². The van der Waals surface area contributed by atoms with Gasteiger partial charge in [0.05, 0.1) is 5.52 Å². The van der Waals surface area contributed by atoms with Gasteiger partial charge in [0, 0.05) is 23.3 Å². The lowest BCUT2D eigenvalue weighted by atomic mass is 10.0. The third-order valence-corrected chi connectivity index (χ3v) is 4.70. The molecule has 0 aliphatic rings. The monoisotopic (exact) mass is 323 g/mol. The Balaban J connectivity index is 2.37. The highest BCUT2D eigenvalue weighted by molar-refractivity contribution is 9.09. The number of halogens is 1. The fourth-order valence-electron chi connectivity index (χ4n) is 1.93. The lowest BCUT2D eigenvalue weighted by molar-refractivity contribution is 0.0909. The first-order chi connectivity index (χ1) is 9.00. The Morgan fingerprint density at radius 2 is 2.16 bits per heavy atom. The number of carbonyl (C=O) groups is 1. The van der Waals surface area contributed by atoms with Crippen LogP contribution in [-0.2, 0) is 7.05 Å². The third-order valence-electron chi connectivity index (χ3n) is 3.46. The van der Waals surface area contributed by atoms with Crippen molar-refractivity contribution in [2.24, 2.45) is 7.05 Å². The number of aryl methyl sites for hydroxylation is 1. The van der Waals surface area contributed by atoms with E-state index in [4.69, 9.17) is 0 Å². The number of para-hydroxylation sites is 1. The van der Waals surface area contributed by atoms with Gasteiger partial charge in [-0.15, -0.1) is 0 Å². The predicted molar refractivity (Wildman–Crippen MR) is 80.7 cm³/mol. The van der Waals surface area contributed by atoms with Crippen LogP contribution in [0.3, 0.4) is 0 Å². The van der Waals surface area contributed by atoms with Gasteiger partial charge in [-0.1, -0.05) is 41.1 Å². The molecule has 0 spiro atoms. The quantitative estimate of drug-likeness (QED) is 0.879. The first-order valence-corrected chi connectivity index (χ1v) is 7.43. The lowest BCUT2D eigenvalue weighted by Gasteiger charge is -2.26. The number of hydrogen-bond acceptors (Lipinski definition) is 2. The van der Waals surface area contributed by atoms with Crippen molar-refractivity contribution in [3.63, 3.8) is 0 Å². The lowest BCUT2D eigenvalue weighted by Crippen LogP contribution is -2.47. The van der Waals surface area contributed by atoms with Gasteiger partial charge in [-0.25, -0.2) is 0 Å². The Labute approximate surface area is 121 Å². The molecule has 2 rings (SSSR count). The molecule has 1 aromatic carbocycles. The van der Waals surface area contributed by atoms with Crippen LogP contribution in [0, 0.1) is 0 Å². The minimum Gasteiger partial charge on any atom is -0.345 e. The molecule has 0 fully saturated rings. The number of rotatable bonds is 4. The van der Waals surface area contributed by atoms with Crippen molar-refractivity contribution in [3.8, 4) is 0 Å². The number of fused-ring (bicyclic) bond motifs is 1. The molecule has 102 valence electrons. The summed E-state index contributed by atoms with van der Waals surface area (Å²) in [6, 6.07) is 7.75. The average Bonchev–Trinajstić information content (AvgIpc) is 2.77. The molecule has 1 unspecified atom stereocenters. The summed E-state index contributed by atoms with van der Waals surface area (Å²) in [6.07, 6.45) is 0.856. The van der Waals surface area contributed by atoms with E-state index in [2.05, 4.69) is 33.3 Å². The molecule has 5 heteroatoms. The van der Waals surface area contributed by atoms with Crippen LogP contribution in [0.1, 0.15) is 30.8 Å². The second-order valence-electron chi connectivity index (χ2n) is 4.99. The van der Waals surface area contributed by atoms with Gasteiger partial charge in [0.2, 0.25) is 0 Å². The summed E-state index contributed by atoms with van der Waals surface area (Å²) in [6.45, 7) is 4.07. The van der Waals surface area contributed by atoms with Crippen LogP contribution in [0.4, 0.5) is 0 Å². The first-order valence-electron chi connectivity index (χ1n) is 6.31. The summed E-state index contributed by atoms with van der Waals surface area (Å²) in [7, 11) is 1.85. The Kier molecular flexibility index (Phi) is 3.94. The molecule has 0 saturated heterocycles. The Bertz CT molecular complexity index is 602. The number of nitrogens with zero attached hydrogens (tertiary/aromatic N) is 2. The molecule has 1 amide bonds. The molecule has 0 saturated carbocycles. The van der Waals surface area contributed by atoms with E-state index in [1.807, 2.05) is 38.2 Å². The number of benzene rings is 1. The fraction of sp³-hybridized carbons (Fsp3) is 0.429. The molecule has 1 aromatic heterocycles. The zero-order chi connectivity index (χ0) is 14.0. The van der Waals surface area contributed by atoms with Crippen LogP contribution >= 0.6 is 15.9 Å². The highest BCUT2D eigenvalue weighted by Gasteiger charge is 2.25. The minimum atomic E-state index is -0.254. The number of nitrogens with one attached hydrogen (secondary N) is 1. The maximum Gasteiger partial charge on any atom is 0.272 e. The van der Waals surface area contributed by atoms with Gasteiger partial charge in [0.1, 0.15) is 0 Å². The smallest absolute Gasteiger partial charge is 0.272 e. The van der Waals surface area contributed by atoms with Crippen LogP contribution < -0.4 is 5.32 Å². The zero-order valence-corrected chi connectivity index (χ0v) is 13.0. The summed E-state index contributed by atoms with van der Waals surface area (Å²) in [5, 5.41) is 8.98. The summed E-state index contributed by atoms with van der Waals surface area (Å²) >= 11 is 3.45. The van der Waals surface area contributed by atoms with Crippen molar-refractivity contribution in [1.82, 2.24) is 15.1 Å². The van der Waals surface area contributed by atoms with Gasteiger partial charge in [-0.2, -0.15) is 5.10 Å². The van der Waals surface area contributed by atoms with Crippen molar-refractivity contribution in [2.75, 3.05) is 5.33 Å². The van der Waals surface area contributed by atoms with E-state index in [1.165, 1.54) is 0 Å². The normalized spacial score (nSPS) is 14.3. The van der Waals surface area contributed by atoms with Gasteiger partial charge in [-0.3, -0.25) is 9.48 Å². The molecular weight excluding hydrogens is 306 g/mol. The van der Waals surface area contributed by atoms with Crippen LogP contribution in [0.25, 0.3) is 10.9 Å². The minimum absolute atomic E-state index is 0.124. The topological polar surface area (TPSA) is 46.9 Å². The molecule has 1 atom stereocenters. The standard InChI is InChI=1S/C14H18BrN3O/c1-4-14(2,9-15)16-13(19)12-10-7-5-6-8-11(10)18(3)17-12/h5-8H,4,9H2,1-3H3,(H,16,19). The molecule has 2 aromatic rings. The largest absolute Gasteiger partial charge is 0.345 e. The second kappa shape index (κ2) is 5.33. The maximum atomic E-state index is 12.4. The molecule has 0 aliphatic heterocycles.